The number of carbonyl (C=O) groups excluding carboxylic acids is 1. The van der Waals surface area contributed by atoms with Gasteiger partial charge in [0.05, 0.1) is 11.6 Å². The molecule has 0 aliphatic carbocycles. The Morgan fingerprint density at radius 1 is 1.29 bits per heavy atom. The lowest BCUT2D eigenvalue weighted by Crippen LogP contribution is -2.42. The topological polar surface area (TPSA) is 102 Å². The van der Waals surface area contributed by atoms with Crippen LogP contribution in [0.25, 0.3) is 0 Å². The van der Waals surface area contributed by atoms with Crippen molar-refractivity contribution in [2.24, 2.45) is 5.92 Å². The van der Waals surface area contributed by atoms with Gasteiger partial charge in [-0.05, 0) is 38.7 Å². The smallest absolute Gasteiger partial charge is 0.258 e. The van der Waals surface area contributed by atoms with Gasteiger partial charge in [0.2, 0.25) is 11.9 Å². The molecule has 3 atom stereocenters. The molecule has 3 heterocycles. The van der Waals surface area contributed by atoms with Gasteiger partial charge in [0.1, 0.15) is 11.7 Å². The van der Waals surface area contributed by atoms with Crippen molar-refractivity contribution in [3.05, 3.63) is 51.3 Å². The second-order valence-corrected chi connectivity index (χ2v) is 7.68. The van der Waals surface area contributed by atoms with E-state index in [9.17, 15) is 14.9 Å². The van der Waals surface area contributed by atoms with Gasteiger partial charge >= 0.3 is 0 Å². The number of aromatic nitrogens is 2. The highest BCUT2D eigenvalue weighted by Crippen LogP contribution is 2.38. The predicted molar refractivity (Wildman–Crippen MR) is 106 cm³/mol. The van der Waals surface area contributed by atoms with Gasteiger partial charge in [-0.25, -0.2) is 0 Å². The number of aryl methyl sites for hydroxylation is 1. The number of amides is 1. The molecule has 7 nitrogen and oxygen atoms in total. The Hall–Kier alpha value is -3.14. The van der Waals surface area contributed by atoms with Crippen LogP contribution in [-0.2, 0) is 4.79 Å². The maximum Gasteiger partial charge on any atom is 0.258 e. The first-order valence-electron chi connectivity index (χ1n) is 9.67. The third-order valence-corrected chi connectivity index (χ3v) is 5.73. The molecule has 1 aromatic heterocycles. The van der Waals surface area contributed by atoms with Crippen molar-refractivity contribution < 1.29 is 4.79 Å². The molecule has 2 aromatic rings. The van der Waals surface area contributed by atoms with Crippen LogP contribution in [0.15, 0.2) is 29.1 Å². The second-order valence-electron chi connectivity index (χ2n) is 7.68. The number of fused-ring (bicyclic) bond motifs is 1. The average molecular weight is 377 g/mol. The van der Waals surface area contributed by atoms with Crippen LogP contribution < -0.4 is 15.8 Å². The number of carbonyl (C=O) groups is 1. The highest BCUT2D eigenvalue weighted by atomic mass is 16.2. The minimum Gasteiger partial charge on any atom is -0.340 e. The van der Waals surface area contributed by atoms with Crippen LogP contribution in [0, 0.1) is 24.2 Å². The number of piperidine rings is 1. The van der Waals surface area contributed by atoms with E-state index in [0.29, 0.717) is 11.5 Å². The Labute approximate surface area is 163 Å². The first kappa shape index (κ1) is 18.2. The summed E-state index contributed by atoms with van der Waals surface area (Å²) in [6, 6.07) is 9.92. The summed E-state index contributed by atoms with van der Waals surface area (Å²) in [4.78, 5) is 35.3. The van der Waals surface area contributed by atoms with E-state index in [1.165, 1.54) is 0 Å². The Balaban J connectivity index is 1.86. The molecule has 28 heavy (non-hydrogen) atoms. The molecule has 144 valence electrons. The Kier molecular flexibility index (Phi) is 4.63. The molecular weight excluding hydrogens is 354 g/mol. The molecule has 4 rings (SSSR count). The zero-order valence-corrected chi connectivity index (χ0v) is 16.0. The van der Waals surface area contributed by atoms with Gasteiger partial charge in [-0.2, -0.15) is 10.2 Å². The number of nitriles is 1. The third-order valence-electron chi connectivity index (χ3n) is 5.73. The van der Waals surface area contributed by atoms with Gasteiger partial charge in [0.15, 0.2) is 0 Å². The number of benzene rings is 1. The molecule has 0 saturated carbocycles. The van der Waals surface area contributed by atoms with E-state index in [0.717, 1.165) is 36.9 Å². The zero-order chi connectivity index (χ0) is 19.8. The lowest BCUT2D eigenvalue weighted by Gasteiger charge is -2.35. The van der Waals surface area contributed by atoms with Gasteiger partial charge < -0.3 is 10.2 Å². The molecule has 0 bridgehead atoms. The standard InChI is InChI=1S/C21H23N5O2/c1-12-6-5-8-14(10-12)16-15(11-22)19(27)23-18-17(16)20(28)25-21(24-18)26-9-4-3-7-13(26)2/h5-6,8,10,13,15-16H,3-4,7,9H2,1-2H3,(H2,23,24,25,27,28). The average Bonchev–Trinajstić information content (AvgIpc) is 2.67. The summed E-state index contributed by atoms with van der Waals surface area (Å²) in [5, 5.41) is 12.3. The maximum atomic E-state index is 13.1. The quantitative estimate of drug-likeness (QED) is 0.838. The van der Waals surface area contributed by atoms with Crippen molar-refractivity contribution in [3.8, 4) is 6.07 Å². The van der Waals surface area contributed by atoms with Crippen LogP contribution in [0.4, 0.5) is 11.8 Å². The van der Waals surface area contributed by atoms with Crippen LogP contribution in [0.5, 0.6) is 0 Å². The van der Waals surface area contributed by atoms with E-state index in [1.807, 2.05) is 31.2 Å². The van der Waals surface area contributed by atoms with Crippen LogP contribution in [0.2, 0.25) is 0 Å². The van der Waals surface area contributed by atoms with Crippen LogP contribution >= 0.6 is 0 Å². The van der Waals surface area contributed by atoms with Crippen molar-refractivity contribution in [1.82, 2.24) is 9.97 Å². The summed E-state index contributed by atoms with van der Waals surface area (Å²) in [7, 11) is 0. The first-order valence-corrected chi connectivity index (χ1v) is 9.67. The van der Waals surface area contributed by atoms with E-state index < -0.39 is 17.7 Å². The molecule has 1 saturated heterocycles. The van der Waals surface area contributed by atoms with Gasteiger partial charge in [-0.1, -0.05) is 29.8 Å². The Morgan fingerprint density at radius 3 is 2.82 bits per heavy atom. The van der Waals surface area contributed by atoms with E-state index in [1.54, 1.807) is 0 Å². The largest absolute Gasteiger partial charge is 0.340 e. The molecule has 2 N–H and O–H groups in total. The van der Waals surface area contributed by atoms with E-state index >= 15 is 0 Å². The molecule has 0 radical (unpaired) electrons. The van der Waals surface area contributed by atoms with E-state index in [2.05, 4.69) is 33.2 Å². The summed E-state index contributed by atoms with van der Waals surface area (Å²) in [5.74, 6) is -1.29. The van der Waals surface area contributed by atoms with Crippen LogP contribution in [0.3, 0.4) is 0 Å². The van der Waals surface area contributed by atoms with Gasteiger partial charge in [0, 0.05) is 18.5 Å². The fourth-order valence-electron chi connectivity index (χ4n) is 4.27. The number of hydrogen-bond donors (Lipinski definition) is 2. The van der Waals surface area contributed by atoms with E-state index in [-0.39, 0.29) is 17.4 Å². The zero-order valence-electron chi connectivity index (χ0n) is 16.0. The maximum absolute atomic E-state index is 13.1. The monoisotopic (exact) mass is 377 g/mol. The molecule has 0 spiro atoms. The molecule has 1 amide bonds. The number of nitrogens with zero attached hydrogens (tertiary/aromatic N) is 3. The van der Waals surface area contributed by atoms with Crippen molar-refractivity contribution >= 4 is 17.7 Å². The number of H-pyrrole nitrogens is 1. The molecule has 1 fully saturated rings. The highest BCUT2D eigenvalue weighted by Gasteiger charge is 2.40. The number of nitrogens with one attached hydrogen (secondary N) is 2. The Bertz CT molecular complexity index is 1020. The van der Waals surface area contributed by atoms with Gasteiger partial charge in [0.25, 0.3) is 5.56 Å². The first-order chi connectivity index (χ1) is 13.5. The van der Waals surface area contributed by atoms with Crippen molar-refractivity contribution in [2.75, 3.05) is 16.8 Å². The Morgan fingerprint density at radius 2 is 2.11 bits per heavy atom. The number of aromatic amines is 1. The van der Waals surface area contributed by atoms with Crippen LogP contribution in [0.1, 0.15) is 48.8 Å². The predicted octanol–water partition coefficient (Wildman–Crippen LogP) is 2.68. The van der Waals surface area contributed by atoms with Gasteiger partial charge in [-0.15, -0.1) is 0 Å². The van der Waals surface area contributed by atoms with Crippen molar-refractivity contribution in [2.45, 2.75) is 45.1 Å². The number of hydrogen-bond acceptors (Lipinski definition) is 5. The highest BCUT2D eigenvalue weighted by molar-refractivity contribution is 5.98. The molecular formula is C21H23N5O2. The number of rotatable bonds is 2. The van der Waals surface area contributed by atoms with Gasteiger partial charge in [-0.3, -0.25) is 14.6 Å². The summed E-state index contributed by atoms with van der Waals surface area (Å²) < 4.78 is 0. The molecule has 2 aliphatic heterocycles. The fraction of sp³-hybridized carbons (Fsp3) is 0.429. The minimum absolute atomic E-state index is 0.263. The summed E-state index contributed by atoms with van der Waals surface area (Å²) in [6.45, 7) is 4.87. The molecule has 3 unspecified atom stereocenters. The fourth-order valence-corrected chi connectivity index (χ4v) is 4.27. The molecule has 1 aromatic carbocycles. The lowest BCUT2D eigenvalue weighted by molar-refractivity contribution is -0.119. The summed E-state index contributed by atoms with van der Waals surface area (Å²) in [6.07, 6.45) is 3.23. The second kappa shape index (κ2) is 7.12. The van der Waals surface area contributed by atoms with Crippen molar-refractivity contribution in [3.63, 3.8) is 0 Å². The molecule has 7 heteroatoms. The lowest BCUT2D eigenvalue weighted by atomic mass is 9.79. The van der Waals surface area contributed by atoms with Crippen molar-refractivity contribution in [1.29, 1.82) is 5.26 Å². The summed E-state index contributed by atoms with van der Waals surface area (Å²) >= 11 is 0. The minimum atomic E-state index is -0.975. The SMILES string of the molecule is Cc1cccc(C2c3c(nc(N4CCCCC4C)[nH]c3=O)NC(=O)C2C#N)c1. The number of anilines is 2. The normalized spacial score (nSPS) is 24.2. The van der Waals surface area contributed by atoms with E-state index in [4.69, 9.17) is 0 Å². The van der Waals surface area contributed by atoms with Crippen LogP contribution in [-0.4, -0.2) is 28.5 Å². The summed E-state index contributed by atoms with van der Waals surface area (Å²) in [5.41, 5.74) is 1.83. The molecule has 2 aliphatic rings. The third kappa shape index (κ3) is 3.05.